The van der Waals surface area contributed by atoms with Gasteiger partial charge in [0, 0.05) is 10.7 Å². The van der Waals surface area contributed by atoms with Crippen LogP contribution in [0.4, 0.5) is 5.69 Å². The van der Waals surface area contributed by atoms with Gasteiger partial charge >= 0.3 is 0 Å². The van der Waals surface area contributed by atoms with Gasteiger partial charge in [-0.15, -0.1) is 0 Å². The van der Waals surface area contributed by atoms with Gasteiger partial charge in [0.2, 0.25) is 11.9 Å². The molecule has 0 spiro atoms. The number of hydrogen-bond donors (Lipinski definition) is 2. The summed E-state index contributed by atoms with van der Waals surface area (Å²) in [6, 6.07) is 14.9. The Morgan fingerprint density at radius 3 is 2.30 bits per heavy atom. The summed E-state index contributed by atoms with van der Waals surface area (Å²) < 4.78 is 5.19. The van der Waals surface area contributed by atoms with Crippen LogP contribution in [0.1, 0.15) is 11.7 Å². The second kappa shape index (κ2) is 6.18. The third-order valence-corrected chi connectivity index (χ3v) is 3.75. The Hall–Kier alpha value is -2.73. The van der Waals surface area contributed by atoms with Crippen molar-refractivity contribution in [3.63, 3.8) is 0 Å². The van der Waals surface area contributed by atoms with Crippen molar-refractivity contribution < 1.29 is 4.74 Å². The molecule has 2 aromatic carbocycles. The lowest BCUT2D eigenvalue weighted by Gasteiger charge is -2.32. The number of methoxy groups -OCH3 is 1. The average Bonchev–Trinajstić information content (AvgIpc) is 2.55. The minimum Gasteiger partial charge on any atom is -0.497 e. The number of nitrogens with two attached hydrogens (primary N) is 2. The highest BCUT2D eigenvalue weighted by atomic mass is 35.5. The smallest absolute Gasteiger partial charge is 0.221 e. The number of aliphatic imine (C=N–C) groups is 2. The average molecular weight is 330 g/mol. The van der Waals surface area contributed by atoms with Gasteiger partial charge in [-0.2, -0.15) is 4.99 Å². The summed E-state index contributed by atoms with van der Waals surface area (Å²) in [6.07, 6.45) is -0.403. The van der Waals surface area contributed by atoms with Gasteiger partial charge in [-0.1, -0.05) is 23.7 Å². The lowest BCUT2D eigenvalue weighted by atomic mass is 10.1. The molecule has 0 radical (unpaired) electrons. The van der Waals surface area contributed by atoms with Gasteiger partial charge in [-0.3, -0.25) is 4.90 Å². The van der Waals surface area contributed by atoms with Crippen molar-refractivity contribution in [2.75, 3.05) is 12.0 Å². The topological polar surface area (TPSA) is 89.2 Å². The number of rotatable bonds is 3. The first-order valence-corrected chi connectivity index (χ1v) is 7.32. The highest BCUT2D eigenvalue weighted by molar-refractivity contribution is 6.30. The maximum absolute atomic E-state index is 6.08. The van der Waals surface area contributed by atoms with Gasteiger partial charge in [0.15, 0.2) is 6.17 Å². The zero-order valence-electron chi connectivity index (χ0n) is 12.5. The van der Waals surface area contributed by atoms with Crippen LogP contribution in [0.25, 0.3) is 0 Å². The summed E-state index contributed by atoms with van der Waals surface area (Å²) in [5, 5.41) is 0.644. The van der Waals surface area contributed by atoms with Crippen LogP contribution >= 0.6 is 11.6 Å². The molecule has 0 aliphatic carbocycles. The van der Waals surface area contributed by atoms with Crippen LogP contribution in [-0.2, 0) is 0 Å². The zero-order valence-corrected chi connectivity index (χ0v) is 13.2. The van der Waals surface area contributed by atoms with Crippen LogP contribution in [0.15, 0.2) is 58.5 Å². The number of ether oxygens (including phenoxy) is 1. The Morgan fingerprint density at radius 1 is 1.04 bits per heavy atom. The highest BCUT2D eigenvalue weighted by Gasteiger charge is 2.27. The molecule has 0 saturated heterocycles. The third-order valence-electron chi connectivity index (χ3n) is 3.49. The Labute approximate surface area is 139 Å². The first-order chi connectivity index (χ1) is 11.1. The Kier molecular flexibility index (Phi) is 4.08. The van der Waals surface area contributed by atoms with E-state index in [2.05, 4.69) is 9.98 Å². The summed E-state index contributed by atoms with van der Waals surface area (Å²) in [5.41, 5.74) is 13.6. The second-order valence-corrected chi connectivity index (χ2v) is 5.39. The standard InChI is InChI=1S/C16H16ClN5O/c1-23-13-8-2-10(3-9-13)14-20-15(18)21-16(19)22(14)12-6-4-11(17)5-7-12/h2-9,14H,1H3,(H4,18,19,20,21). The van der Waals surface area contributed by atoms with Crippen molar-refractivity contribution in [1.29, 1.82) is 0 Å². The first-order valence-electron chi connectivity index (χ1n) is 6.94. The Morgan fingerprint density at radius 2 is 1.70 bits per heavy atom. The van der Waals surface area contributed by atoms with Gasteiger partial charge < -0.3 is 16.2 Å². The van der Waals surface area contributed by atoms with Gasteiger partial charge in [0.25, 0.3) is 0 Å². The molecule has 7 heteroatoms. The van der Waals surface area contributed by atoms with Crippen LogP contribution in [0, 0.1) is 0 Å². The van der Waals surface area contributed by atoms with Gasteiger partial charge in [0.1, 0.15) is 5.75 Å². The fourth-order valence-corrected chi connectivity index (χ4v) is 2.51. The van der Waals surface area contributed by atoms with E-state index in [9.17, 15) is 0 Å². The Bertz CT molecular complexity index is 755. The van der Waals surface area contributed by atoms with E-state index in [-0.39, 0.29) is 11.9 Å². The predicted molar refractivity (Wildman–Crippen MR) is 92.9 cm³/mol. The van der Waals surface area contributed by atoms with Crippen molar-refractivity contribution in [2.45, 2.75) is 6.17 Å². The molecular formula is C16H16ClN5O. The van der Waals surface area contributed by atoms with E-state index in [0.29, 0.717) is 5.02 Å². The molecule has 1 unspecified atom stereocenters. The van der Waals surface area contributed by atoms with E-state index in [1.54, 1.807) is 24.1 Å². The molecule has 1 heterocycles. The van der Waals surface area contributed by atoms with E-state index in [4.69, 9.17) is 27.8 Å². The molecule has 3 rings (SSSR count). The molecule has 1 atom stereocenters. The maximum atomic E-state index is 6.08. The maximum Gasteiger partial charge on any atom is 0.221 e. The molecule has 2 aromatic rings. The van der Waals surface area contributed by atoms with E-state index >= 15 is 0 Å². The van der Waals surface area contributed by atoms with Crippen LogP contribution in [-0.4, -0.2) is 19.0 Å². The highest BCUT2D eigenvalue weighted by Crippen LogP contribution is 2.31. The minimum atomic E-state index is -0.403. The van der Waals surface area contributed by atoms with E-state index in [1.165, 1.54) is 0 Å². The summed E-state index contributed by atoms with van der Waals surface area (Å²) in [6.45, 7) is 0. The number of hydrogen-bond acceptors (Lipinski definition) is 6. The van der Waals surface area contributed by atoms with Crippen molar-refractivity contribution in [2.24, 2.45) is 21.5 Å². The zero-order chi connectivity index (χ0) is 16.4. The van der Waals surface area contributed by atoms with Crippen LogP contribution in [0.2, 0.25) is 5.02 Å². The summed E-state index contributed by atoms with van der Waals surface area (Å²) in [7, 11) is 1.62. The minimum absolute atomic E-state index is 0.147. The lowest BCUT2D eigenvalue weighted by Crippen LogP contribution is -2.44. The Balaban J connectivity index is 2.03. The fraction of sp³-hybridized carbons (Fsp3) is 0.125. The molecule has 23 heavy (non-hydrogen) atoms. The lowest BCUT2D eigenvalue weighted by molar-refractivity contribution is 0.414. The SMILES string of the molecule is COc1ccc(C2N=C(N)N=C(N)N2c2ccc(Cl)cc2)cc1. The van der Waals surface area contributed by atoms with Gasteiger partial charge in [-0.05, 0) is 42.0 Å². The molecule has 4 N–H and O–H groups in total. The van der Waals surface area contributed by atoms with Crippen molar-refractivity contribution in [1.82, 2.24) is 0 Å². The van der Waals surface area contributed by atoms with Crippen molar-refractivity contribution in [3.05, 3.63) is 59.1 Å². The molecule has 1 aliphatic heterocycles. The molecular weight excluding hydrogens is 314 g/mol. The molecule has 1 aliphatic rings. The molecule has 6 nitrogen and oxygen atoms in total. The molecule has 0 fully saturated rings. The van der Waals surface area contributed by atoms with Crippen LogP contribution in [0.3, 0.4) is 0 Å². The quantitative estimate of drug-likeness (QED) is 0.905. The van der Waals surface area contributed by atoms with E-state index < -0.39 is 6.17 Å². The number of guanidine groups is 2. The van der Waals surface area contributed by atoms with Gasteiger partial charge in [-0.25, -0.2) is 4.99 Å². The number of anilines is 1. The van der Waals surface area contributed by atoms with Crippen molar-refractivity contribution >= 4 is 29.2 Å². The summed E-state index contributed by atoms with van der Waals surface area (Å²) >= 11 is 5.96. The summed E-state index contributed by atoms with van der Waals surface area (Å²) in [5.74, 6) is 1.19. The largest absolute Gasteiger partial charge is 0.497 e. The van der Waals surface area contributed by atoms with E-state index in [1.807, 2.05) is 36.4 Å². The predicted octanol–water partition coefficient (Wildman–Crippen LogP) is 2.50. The molecule has 0 saturated carbocycles. The second-order valence-electron chi connectivity index (χ2n) is 4.95. The van der Waals surface area contributed by atoms with Gasteiger partial charge in [0.05, 0.1) is 7.11 Å². The molecule has 0 aromatic heterocycles. The van der Waals surface area contributed by atoms with Crippen molar-refractivity contribution in [3.8, 4) is 5.75 Å². The first kappa shape index (κ1) is 15.2. The number of nitrogens with zero attached hydrogens (tertiary/aromatic N) is 3. The molecule has 118 valence electrons. The number of halogens is 1. The monoisotopic (exact) mass is 329 g/mol. The molecule has 0 amide bonds. The third kappa shape index (κ3) is 3.07. The number of benzene rings is 2. The normalized spacial score (nSPS) is 17.5. The van der Waals surface area contributed by atoms with E-state index in [0.717, 1.165) is 17.0 Å². The summed E-state index contributed by atoms with van der Waals surface area (Å²) in [4.78, 5) is 10.3. The fourth-order valence-electron chi connectivity index (χ4n) is 2.38. The molecule has 0 bridgehead atoms. The van der Waals surface area contributed by atoms with Crippen LogP contribution in [0.5, 0.6) is 5.75 Å². The van der Waals surface area contributed by atoms with Crippen LogP contribution < -0.4 is 21.1 Å².